The van der Waals surface area contributed by atoms with E-state index >= 15 is 0 Å². The molecule has 0 saturated heterocycles. The van der Waals surface area contributed by atoms with Crippen molar-refractivity contribution in [3.63, 3.8) is 0 Å². The zero-order valence-electron chi connectivity index (χ0n) is 11.8. The summed E-state index contributed by atoms with van der Waals surface area (Å²) in [5.41, 5.74) is 3.20. The van der Waals surface area contributed by atoms with Crippen LogP contribution in [0.3, 0.4) is 0 Å². The maximum absolute atomic E-state index is 4.11. The van der Waals surface area contributed by atoms with Crippen LogP contribution in [0.15, 0.2) is 63.6 Å². The molecule has 2 heterocycles. The van der Waals surface area contributed by atoms with Crippen molar-refractivity contribution in [1.82, 2.24) is 20.2 Å². The predicted molar refractivity (Wildman–Crippen MR) is 95.8 cm³/mol. The SMILES string of the molecule is Brc1ccc(C2=C[C@@H](c3ccc(Br)cc3)n3nnnc3N2)cc1. The number of rotatable bonds is 2. The molecule has 1 aliphatic heterocycles. The first-order valence-corrected chi connectivity index (χ1v) is 8.57. The molecule has 0 amide bonds. The number of anilines is 1. The number of tetrazole rings is 1. The second kappa shape index (κ2) is 5.90. The number of allylic oxidation sites excluding steroid dienone is 1. The lowest BCUT2D eigenvalue weighted by Crippen LogP contribution is -2.20. The molecule has 0 bridgehead atoms. The van der Waals surface area contributed by atoms with Crippen molar-refractivity contribution in [1.29, 1.82) is 0 Å². The Morgan fingerprint density at radius 2 is 1.57 bits per heavy atom. The summed E-state index contributed by atoms with van der Waals surface area (Å²) in [6.45, 7) is 0. The van der Waals surface area contributed by atoms with E-state index in [1.807, 2.05) is 24.3 Å². The van der Waals surface area contributed by atoms with Crippen LogP contribution in [-0.4, -0.2) is 20.2 Å². The standard InChI is InChI=1S/C16H11Br2N5/c17-12-5-1-10(2-6-12)14-9-15(11-3-7-13(18)8-4-11)23-16(19-14)20-21-22-23/h1-9,15H,(H,19,20,22)/t15-/m0/s1. The summed E-state index contributed by atoms with van der Waals surface area (Å²) >= 11 is 6.93. The van der Waals surface area contributed by atoms with Crippen LogP contribution in [-0.2, 0) is 0 Å². The van der Waals surface area contributed by atoms with Gasteiger partial charge in [0, 0.05) is 14.6 Å². The molecule has 114 valence electrons. The molecule has 1 aliphatic rings. The quantitative estimate of drug-likeness (QED) is 0.657. The fourth-order valence-corrected chi connectivity index (χ4v) is 3.08. The summed E-state index contributed by atoms with van der Waals surface area (Å²) in [4.78, 5) is 0. The van der Waals surface area contributed by atoms with Gasteiger partial charge in [0.05, 0.1) is 0 Å². The van der Waals surface area contributed by atoms with Crippen LogP contribution in [0.25, 0.3) is 5.70 Å². The first-order valence-electron chi connectivity index (χ1n) is 6.99. The summed E-state index contributed by atoms with van der Waals surface area (Å²) in [6.07, 6.45) is 2.13. The molecule has 0 spiro atoms. The van der Waals surface area contributed by atoms with E-state index in [0.717, 1.165) is 25.8 Å². The molecule has 0 saturated carbocycles. The molecule has 0 unspecified atom stereocenters. The highest BCUT2D eigenvalue weighted by Crippen LogP contribution is 2.32. The zero-order valence-corrected chi connectivity index (χ0v) is 15.0. The average molecular weight is 433 g/mol. The largest absolute Gasteiger partial charge is 0.323 e. The normalized spacial score (nSPS) is 16.4. The van der Waals surface area contributed by atoms with Crippen molar-refractivity contribution in [2.24, 2.45) is 0 Å². The third-order valence-electron chi connectivity index (χ3n) is 3.69. The van der Waals surface area contributed by atoms with Gasteiger partial charge in [-0.05, 0) is 51.9 Å². The lowest BCUT2D eigenvalue weighted by molar-refractivity contribution is 0.586. The molecule has 3 aromatic rings. The highest BCUT2D eigenvalue weighted by atomic mass is 79.9. The molecule has 2 aromatic carbocycles. The minimum Gasteiger partial charge on any atom is -0.323 e. The molecule has 4 rings (SSSR count). The third kappa shape index (κ3) is 2.82. The smallest absolute Gasteiger partial charge is 0.248 e. The van der Waals surface area contributed by atoms with E-state index in [-0.39, 0.29) is 6.04 Å². The number of nitrogens with one attached hydrogen (secondary N) is 1. The summed E-state index contributed by atoms with van der Waals surface area (Å²) in [5.74, 6) is 0.637. The van der Waals surface area contributed by atoms with Crippen molar-refractivity contribution in [3.05, 3.63) is 74.7 Å². The second-order valence-corrected chi connectivity index (χ2v) is 6.99. The fourth-order valence-electron chi connectivity index (χ4n) is 2.55. The van der Waals surface area contributed by atoms with Gasteiger partial charge in [0.15, 0.2) is 0 Å². The Morgan fingerprint density at radius 1 is 0.913 bits per heavy atom. The van der Waals surface area contributed by atoms with Crippen molar-refractivity contribution in [2.75, 3.05) is 5.32 Å². The van der Waals surface area contributed by atoms with Crippen LogP contribution in [0.2, 0.25) is 0 Å². The van der Waals surface area contributed by atoms with E-state index in [9.17, 15) is 0 Å². The summed E-state index contributed by atoms with van der Waals surface area (Å²) in [7, 11) is 0. The van der Waals surface area contributed by atoms with Crippen molar-refractivity contribution in [3.8, 4) is 0 Å². The van der Waals surface area contributed by atoms with Gasteiger partial charge in [-0.15, -0.1) is 0 Å². The fraction of sp³-hybridized carbons (Fsp3) is 0.0625. The van der Waals surface area contributed by atoms with Gasteiger partial charge in [0.2, 0.25) is 5.95 Å². The number of nitrogens with zero attached hydrogens (tertiary/aromatic N) is 4. The number of halogens is 2. The van der Waals surface area contributed by atoms with Crippen LogP contribution in [0, 0.1) is 0 Å². The highest BCUT2D eigenvalue weighted by molar-refractivity contribution is 9.10. The maximum atomic E-state index is 4.11. The van der Waals surface area contributed by atoms with Crippen LogP contribution >= 0.6 is 31.9 Å². The minimum atomic E-state index is -0.0482. The number of benzene rings is 2. The second-order valence-electron chi connectivity index (χ2n) is 5.16. The van der Waals surface area contributed by atoms with Crippen LogP contribution in [0.4, 0.5) is 5.95 Å². The van der Waals surface area contributed by atoms with Crippen molar-refractivity contribution in [2.45, 2.75) is 6.04 Å². The van der Waals surface area contributed by atoms with Gasteiger partial charge >= 0.3 is 0 Å². The van der Waals surface area contributed by atoms with Crippen LogP contribution in [0.5, 0.6) is 0 Å². The first kappa shape index (κ1) is 14.6. The van der Waals surface area contributed by atoms with Crippen molar-refractivity contribution < 1.29 is 0 Å². The summed E-state index contributed by atoms with van der Waals surface area (Å²) in [6, 6.07) is 16.3. The molecule has 5 nitrogen and oxygen atoms in total. The molecule has 0 radical (unpaired) electrons. The average Bonchev–Trinajstić information content (AvgIpc) is 3.04. The molecular weight excluding hydrogens is 422 g/mol. The molecule has 1 atom stereocenters. The lowest BCUT2D eigenvalue weighted by atomic mass is 10.0. The van der Waals surface area contributed by atoms with E-state index in [2.05, 4.69) is 83.0 Å². The molecule has 1 aromatic heterocycles. The van der Waals surface area contributed by atoms with Gasteiger partial charge < -0.3 is 5.32 Å². The summed E-state index contributed by atoms with van der Waals surface area (Å²) < 4.78 is 3.88. The number of hydrogen-bond donors (Lipinski definition) is 1. The van der Waals surface area contributed by atoms with E-state index in [1.165, 1.54) is 0 Å². The van der Waals surface area contributed by atoms with Gasteiger partial charge in [-0.1, -0.05) is 61.2 Å². The molecule has 7 heteroatoms. The lowest BCUT2D eigenvalue weighted by Gasteiger charge is -2.23. The van der Waals surface area contributed by atoms with Gasteiger partial charge in [0.25, 0.3) is 0 Å². The van der Waals surface area contributed by atoms with Crippen LogP contribution in [0.1, 0.15) is 17.2 Å². The number of aromatic nitrogens is 4. The van der Waals surface area contributed by atoms with Gasteiger partial charge in [0.1, 0.15) is 6.04 Å². The topological polar surface area (TPSA) is 55.6 Å². The Hall–Kier alpha value is -1.99. The Balaban J connectivity index is 1.79. The highest BCUT2D eigenvalue weighted by Gasteiger charge is 2.24. The number of fused-ring (bicyclic) bond motifs is 1. The maximum Gasteiger partial charge on any atom is 0.248 e. The van der Waals surface area contributed by atoms with Gasteiger partial charge in [-0.2, -0.15) is 4.68 Å². The first-order chi connectivity index (χ1) is 11.2. The van der Waals surface area contributed by atoms with E-state index in [1.54, 1.807) is 4.68 Å². The minimum absolute atomic E-state index is 0.0482. The number of hydrogen-bond acceptors (Lipinski definition) is 4. The zero-order chi connectivity index (χ0) is 15.8. The molecule has 23 heavy (non-hydrogen) atoms. The summed E-state index contributed by atoms with van der Waals surface area (Å²) in [5, 5.41) is 15.3. The van der Waals surface area contributed by atoms with E-state index in [0.29, 0.717) is 5.95 Å². The molecular formula is C16H11Br2N5. The monoisotopic (exact) mass is 431 g/mol. The van der Waals surface area contributed by atoms with Gasteiger partial charge in [-0.3, -0.25) is 0 Å². The van der Waals surface area contributed by atoms with E-state index in [4.69, 9.17) is 0 Å². The Bertz CT molecular complexity index is 868. The Labute approximate surface area is 149 Å². The molecule has 1 N–H and O–H groups in total. The molecule has 0 aliphatic carbocycles. The Morgan fingerprint density at radius 3 is 2.26 bits per heavy atom. The van der Waals surface area contributed by atoms with Crippen LogP contribution < -0.4 is 5.32 Å². The van der Waals surface area contributed by atoms with Gasteiger partial charge in [-0.25, -0.2) is 0 Å². The molecule has 0 fully saturated rings. The van der Waals surface area contributed by atoms with Crippen molar-refractivity contribution >= 4 is 43.5 Å². The predicted octanol–water partition coefficient (Wildman–Crippen LogP) is 4.25. The van der Waals surface area contributed by atoms with E-state index < -0.39 is 0 Å². The third-order valence-corrected chi connectivity index (χ3v) is 4.75. The Kier molecular flexibility index (Phi) is 3.74.